The summed E-state index contributed by atoms with van der Waals surface area (Å²) in [4.78, 5) is 11.1. The summed E-state index contributed by atoms with van der Waals surface area (Å²) in [6.07, 6.45) is 0.279. The third-order valence-electron chi connectivity index (χ3n) is 2.11. The van der Waals surface area contributed by atoms with E-state index in [1.54, 1.807) is 12.1 Å². The molecule has 0 bridgehead atoms. The molecule has 1 rings (SSSR count). The van der Waals surface area contributed by atoms with Crippen molar-refractivity contribution >= 4 is 5.97 Å². The molecule has 0 spiro atoms. The van der Waals surface area contributed by atoms with E-state index < -0.39 is 18.6 Å². The summed E-state index contributed by atoms with van der Waals surface area (Å²) < 4.78 is 32.4. The lowest BCUT2D eigenvalue weighted by atomic mass is 10.1. The van der Waals surface area contributed by atoms with Crippen LogP contribution in [0.15, 0.2) is 24.3 Å². The molecule has 1 aromatic rings. The lowest BCUT2D eigenvalue weighted by molar-refractivity contribution is -0.142. The molecule has 0 heterocycles. The Labute approximate surface area is 97.3 Å². The standard InChI is InChI=1S/C11H13F2NO3/c1-16-10(15)9(14)6-7-2-4-8(5-3-7)17-11(12)13/h2-5,9,11H,6,14H2,1H3. The molecule has 1 unspecified atom stereocenters. The van der Waals surface area contributed by atoms with Crippen LogP contribution in [-0.2, 0) is 16.0 Å². The van der Waals surface area contributed by atoms with E-state index in [2.05, 4.69) is 9.47 Å². The van der Waals surface area contributed by atoms with Gasteiger partial charge in [0.15, 0.2) is 0 Å². The summed E-state index contributed by atoms with van der Waals surface area (Å²) in [5.41, 5.74) is 6.29. The third-order valence-corrected chi connectivity index (χ3v) is 2.11. The van der Waals surface area contributed by atoms with E-state index >= 15 is 0 Å². The molecule has 94 valence electrons. The normalized spacial score (nSPS) is 12.3. The molecule has 0 aliphatic carbocycles. The summed E-state index contributed by atoms with van der Waals surface area (Å²) in [5.74, 6) is -0.451. The first-order valence-electron chi connectivity index (χ1n) is 4.90. The van der Waals surface area contributed by atoms with Gasteiger partial charge in [-0.05, 0) is 24.1 Å². The number of alkyl halides is 2. The fraction of sp³-hybridized carbons (Fsp3) is 0.364. The predicted molar refractivity (Wildman–Crippen MR) is 56.8 cm³/mol. The van der Waals surface area contributed by atoms with Crippen LogP contribution in [0.25, 0.3) is 0 Å². The van der Waals surface area contributed by atoms with Gasteiger partial charge in [-0.2, -0.15) is 8.78 Å². The maximum atomic E-state index is 11.9. The molecule has 0 saturated carbocycles. The molecule has 0 amide bonds. The van der Waals surface area contributed by atoms with E-state index in [9.17, 15) is 13.6 Å². The highest BCUT2D eigenvalue weighted by Crippen LogP contribution is 2.15. The van der Waals surface area contributed by atoms with Crippen LogP contribution in [0.2, 0.25) is 0 Å². The third kappa shape index (κ3) is 4.36. The van der Waals surface area contributed by atoms with Crippen LogP contribution in [0, 0.1) is 0 Å². The van der Waals surface area contributed by atoms with Crippen molar-refractivity contribution in [2.75, 3.05) is 7.11 Å². The first kappa shape index (κ1) is 13.4. The number of methoxy groups -OCH3 is 1. The highest BCUT2D eigenvalue weighted by molar-refractivity contribution is 5.75. The van der Waals surface area contributed by atoms with E-state index in [4.69, 9.17) is 5.73 Å². The van der Waals surface area contributed by atoms with Crippen molar-refractivity contribution in [1.82, 2.24) is 0 Å². The number of esters is 1. The van der Waals surface area contributed by atoms with Gasteiger partial charge in [-0.15, -0.1) is 0 Å². The fourth-order valence-corrected chi connectivity index (χ4v) is 1.30. The van der Waals surface area contributed by atoms with E-state index in [0.717, 1.165) is 5.56 Å². The lowest BCUT2D eigenvalue weighted by Gasteiger charge is -2.10. The van der Waals surface area contributed by atoms with Crippen LogP contribution in [0.3, 0.4) is 0 Å². The quantitative estimate of drug-likeness (QED) is 0.795. The SMILES string of the molecule is COC(=O)C(N)Cc1ccc(OC(F)F)cc1. The van der Waals surface area contributed by atoms with Crippen molar-refractivity contribution in [2.45, 2.75) is 19.1 Å². The highest BCUT2D eigenvalue weighted by Gasteiger charge is 2.14. The molecule has 0 radical (unpaired) electrons. The minimum absolute atomic E-state index is 0.0652. The van der Waals surface area contributed by atoms with Crippen molar-refractivity contribution in [1.29, 1.82) is 0 Å². The van der Waals surface area contributed by atoms with E-state index in [1.807, 2.05) is 0 Å². The first-order valence-corrected chi connectivity index (χ1v) is 4.90. The number of ether oxygens (including phenoxy) is 2. The lowest BCUT2D eigenvalue weighted by Crippen LogP contribution is -2.33. The zero-order valence-electron chi connectivity index (χ0n) is 9.23. The minimum Gasteiger partial charge on any atom is -0.468 e. The van der Waals surface area contributed by atoms with Crippen molar-refractivity contribution in [2.24, 2.45) is 5.73 Å². The van der Waals surface area contributed by atoms with Crippen LogP contribution in [0.5, 0.6) is 5.75 Å². The van der Waals surface area contributed by atoms with Crippen molar-refractivity contribution in [3.05, 3.63) is 29.8 Å². The first-order chi connectivity index (χ1) is 8.02. The minimum atomic E-state index is -2.85. The number of carbonyl (C=O) groups is 1. The number of carbonyl (C=O) groups excluding carboxylic acids is 1. The van der Waals surface area contributed by atoms with Crippen molar-refractivity contribution < 1.29 is 23.0 Å². The zero-order chi connectivity index (χ0) is 12.8. The second-order valence-corrected chi connectivity index (χ2v) is 3.36. The number of hydrogen-bond acceptors (Lipinski definition) is 4. The molecule has 4 nitrogen and oxygen atoms in total. The molecule has 17 heavy (non-hydrogen) atoms. The summed E-state index contributed by atoms with van der Waals surface area (Å²) in [6, 6.07) is 5.17. The van der Waals surface area contributed by atoms with E-state index in [1.165, 1.54) is 19.2 Å². The summed E-state index contributed by atoms with van der Waals surface area (Å²) in [5, 5.41) is 0. The molecular formula is C11H13F2NO3. The molecule has 2 N–H and O–H groups in total. The van der Waals surface area contributed by atoms with Gasteiger partial charge in [0.25, 0.3) is 0 Å². The molecule has 0 aliphatic rings. The van der Waals surface area contributed by atoms with E-state index in [-0.39, 0.29) is 12.2 Å². The average Bonchev–Trinajstić information content (AvgIpc) is 2.30. The van der Waals surface area contributed by atoms with Gasteiger partial charge in [-0.3, -0.25) is 4.79 Å². The Hall–Kier alpha value is -1.69. The Bertz CT molecular complexity index is 367. The number of rotatable bonds is 5. The fourth-order valence-electron chi connectivity index (χ4n) is 1.30. The Morgan fingerprint density at radius 2 is 1.94 bits per heavy atom. The van der Waals surface area contributed by atoms with Gasteiger partial charge in [0.1, 0.15) is 11.8 Å². The van der Waals surface area contributed by atoms with Gasteiger partial charge in [0, 0.05) is 0 Å². The monoisotopic (exact) mass is 245 g/mol. The van der Waals surface area contributed by atoms with Crippen LogP contribution in [0.1, 0.15) is 5.56 Å². The number of nitrogens with two attached hydrogens (primary N) is 1. The van der Waals surface area contributed by atoms with Crippen LogP contribution in [0.4, 0.5) is 8.78 Å². The largest absolute Gasteiger partial charge is 0.468 e. The molecule has 0 aliphatic heterocycles. The average molecular weight is 245 g/mol. The maximum Gasteiger partial charge on any atom is 0.387 e. The van der Waals surface area contributed by atoms with Crippen LogP contribution < -0.4 is 10.5 Å². The molecule has 0 fully saturated rings. The summed E-state index contributed by atoms with van der Waals surface area (Å²) in [7, 11) is 1.25. The Balaban J connectivity index is 2.59. The predicted octanol–water partition coefficient (Wildman–Crippen LogP) is 1.33. The number of benzene rings is 1. The van der Waals surface area contributed by atoms with Crippen molar-refractivity contribution in [3.63, 3.8) is 0 Å². The number of hydrogen-bond donors (Lipinski definition) is 1. The maximum absolute atomic E-state index is 11.9. The highest BCUT2D eigenvalue weighted by atomic mass is 19.3. The Morgan fingerprint density at radius 1 is 1.35 bits per heavy atom. The second kappa shape index (κ2) is 6.15. The van der Waals surface area contributed by atoms with Gasteiger partial charge in [0.05, 0.1) is 7.11 Å². The summed E-state index contributed by atoms with van der Waals surface area (Å²) >= 11 is 0. The van der Waals surface area contributed by atoms with Gasteiger partial charge in [-0.1, -0.05) is 12.1 Å². The van der Waals surface area contributed by atoms with Gasteiger partial charge in [0.2, 0.25) is 0 Å². The molecule has 0 saturated heterocycles. The smallest absolute Gasteiger partial charge is 0.387 e. The van der Waals surface area contributed by atoms with E-state index in [0.29, 0.717) is 0 Å². The van der Waals surface area contributed by atoms with Gasteiger partial charge in [-0.25, -0.2) is 0 Å². The van der Waals surface area contributed by atoms with Gasteiger partial charge < -0.3 is 15.2 Å². The Kier molecular flexibility index (Phi) is 4.84. The molecule has 6 heteroatoms. The van der Waals surface area contributed by atoms with Crippen molar-refractivity contribution in [3.8, 4) is 5.75 Å². The molecular weight excluding hydrogens is 232 g/mol. The zero-order valence-corrected chi connectivity index (χ0v) is 9.23. The number of halogens is 2. The molecule has 1 aromatic carbocycles. The topological polar surface area (TPSA) is 61.5 Å². The molecule has 1 atom stereocenters. The van der Waals surface area contributed by atoms with Crippen LogP contribution in [-0.4, -0.2) is 25.7 Å². The van der Waals surface area contributed by atoms with Crippen LogP contribution >= 0.6 is 0 Å². The Morgan fingerprint density at radius 3 is 2.41 bits per heavy atom. The molecule has 0 aromatic heterocycles. The summed E-state index contributed by atoms with van der Waals surface area (Å²) in [6.45, 7) is -2.85. The second-order valence-electron chi connectivity index (χ2n) is 3.36. The van der Waals surface area contributed by atoms with Gasteiger partial charge >= 0.3 is 12.6 Å².